The van der Waals surface area contributed by atoms with Crippen molar-refractivity contribution in [1.29, 1.82) is 0 Å². The Balaban J connectivity index is 2.75. The molecule has 0 fully saturated rings. The first-order chi connectivity index (χ1) is 7.20. The molecule has 82 valence electrons. The van der Waals surface area contributed by atoms with Crippen molar-refractivity contribution in [3.8, 4) is 0 Å². The Kier molecular flexibility index (Phi) is 3.91. The number of nitrogens with zero attached hydrogens (tertiary/aromatic N) is 2. The highest BCUT2D eigenvalue weighted by atomic mass is 16.5. The molecule has 1 aromatic rings. The maximum Gasteiger partial charge on any atom is 0.360 e. The van der Waals surface area contributed by atoms with Crippen LogP contribution in [-0.2, 0) is 11.3 Å². The number of hydrogen-bond acceptors (Lipinski definition) is 4. The fraction of sp³-hybridized carbons (Fsp3) is 0.400. The van der Waals surface area contributed by atoms with Crippen molar-refractivity contribution >= 4 is 11.8 Å². The van der Waals surface area contributed by atoms with E-state index in [0.717, 1.165) is 6.42 Å². The van der Waals surface area contributed by atoms with Gasteiger partial charge in [0.1, 0.15) is 5.82 Å². The van der Waals surface area contributed by atoms with Gasteiger partial charge in [-0.2, -0.15) is 0 Å². The van der Waals surface area contributed by atoms with Crippen molar-refractivity contribution in [2.24, 2.45) is 0 Å². The smallest absolute Gasteiger partial charge is 0.360 e. The molecular formula is C10H15N3O2. The SMILES string of the molecule is C/C=C/CCn1cnc(C(=O)OC)c1N. The highest BCUT2D eigenvalue weighted by molar-refractivity contribution is 5.91. The van der Waals surface area contributed by atoms with Crippen molar-refractivity contribution in [3.63, 3.8) is 0 Å². The van der Waals surface area contributed by atoms with Crippen LogP contribution in [0.4, 0.5) is 5.82 Å². The van der Waals surface area contributed by atoms with Gasteiger partial charge in [0.05, 0.1) is 13.4 Å². The van der Waals surface area contributed by atoms with Crippen LogP contribution in [-0.4, -0.2) is 22.6 Å². The quantitative estimate of drug-likeness (QED) is 0.598. The molecule has 0 aliphatic heterocycles. The first-order valence-electron chi connectivity index (χ1n) is 4.70. The fourth-order valence-corrected chi connectivity index (χ4v) is 1.20. The number of aromatic nitrogens is 2. The number of carbonyl (C=O) groups is 1. The average molecular weight is 209 g/mol. The second-order valence-corrected chi connectivity index (χ2v) is 3.02. The molecule has 0 aliphatic carbocycles. The molecule has 0 saturated heterocycles. The summed E-state index contributed by atoms with van der Waals surface area (Å²) in [6.45, 7) is 2.66. The average Bonchev–Trinajstić information content (AvgIpc) is 2.60. The zero-order valence-corrected chi connectivity index (χ0v) is 8.93. The summed E-state index contributed by atoms with van der Waals surface area (Å²) in [5.41, 5.74) is 5.92. The third kappa shape index (κ3) is 2.59. The van der Waals surface area contributed by atoms with Gasteiger partial charge in [0.15, 0.2) is 5.69 Å². The lowest BCUT2D eigenvalue weighted by molar-refractivity contribution is 0.0596. The second-order valence-electron chi connectivity index (χ2n) is 3.02. The number of imidazole rings is 1. The topological polar surface area (TPSA) is 70.1 Å². The van der Waals surface area contributed by atoms with Gasteiger partial charge in [0.25, 0.3) is 0 Å². The van der Waals surface area contributed by atoms with Crippen LogP contribution in [0.15, 0.2) is 18.5 Å². The number of nitrogen functional groups attached to an aromatic ring is 1. The van der Waals surface area contributed by atoms with Crippen LogP contribution in [0.5, 0.6) is 0 Å². The van der Waals surface area contributed by atoms with E-state index in [1.54, 1.807) is 10.9 Å². The van der Waals surface area contributed by atoms with Crippen molar-refractivity contribution in [3.05, 3.63) is 24.2 Å². The van der Waals surface area contributed by atoms with Gasteiger partial charge in [0.2, 0.25) is 0 Å². The van der Waals surface area contributed by atoms with Crippen molar-refractivity contribution in [1.82, 2.24) is 9.55 Å². The van der Waals surface area contributed by atoms with Crippen LogP contribution >= 0.6 is 0 Å². The number of carbonyl (C=O) groups excluding carboxylic acids is 1. The number of hydrogen-bond donors (Lipinski definition) is 1. The molecule has 1 heterocycles. The Labute approximate surface area is 88.6 Å². The minimum Gasteiger partial charge on any atom is -0.464 e. The molecule has 0 saturated carbocycles. The van der Waals surface area contributed by atoms with Crippen LogP contribution in [0, 0.1) is 0 Å². The van der Waals surface area contributed by atoms with E-state index in [0.29, 0.717) is 12.4 Å². The van der Waals surface area contributed by atoms with Crippen LogP contribution < -0.4 is 5.73 Å². The number of esters is 1. The molecule has 5 heteroatoms. The molecule has 0 atom stereocenters. The lowest BCUT2D eigenvalue weighted by Crippen LogP contribution is -2.08. The number of allylic oxidation sites excluding steroid dienone is 2. The molecular weight excluding hydrogens is 194 g/mol. The Hall–Kier alpha value is -1.78. The van der Waals surface area contributed by atoms with Gasteiger partial charge in [-0.3, -0.25) is 0 Å². The molecule has 0 bridgehead atoms. The van der Waals surface area contributed by atoms with E-state index in [4.69, 9.17) is 5.73 Å². The monoisotopic (exact) mass is 209 g/mol. The molecule has 0 radical (unpaired) electrons. The third-order valence-corrected chi connectivity index (χ3v) is 2.03. The van der Waals surface area contributed by atoms with Crippen LogP contribution in [0.1, 0.15) is 23.8 Å². The molecule has 2 N–H and O–H groups in total. The molecule has 1 rings (SSSR count). The number of rotatable bonds is 4. The molecule has 1 aromatic heterocycles. The summed E-state index contributed by atoms with van der Waals surface area (Å²) in [7, 11) is 1.31. The second kappa shape index (κ2) is 5.19. The first-order valence-corrected chi connectivity index (χ1v) is 4.70. The molecule has 15 heavy (non-hydrogen) atoms. The Morgan fingerprint density at radius 2 is 2.47 bits per heavy atom. The summed E-state index contributed by atoms with van der Waals surface area (Å²) >= 11 is 0. The van der Waals surface area contributed by atoms with Crippen LogP contribution in [0.25, 0.3) is 0 Å². The van der Waals surface area contributed by atoms with E-state index >= 15 is 0 Å². The van der Waals surface area contributed by atoms with E-state index in [2.05, 4.69) is 9.72 Å². The Morgan fingerprint density at radius 1 is 1.73 bits per heavy atom. The highest BCUT2D eigenvalue weighted by Gasteiger charge is 2.15. The first kappa shape index (κ1) is 11.3. The fourth-order valence-electron chi connectivity index (χ4n) is 1.20. The minimum atomic E-state index is -0.503. The number of methoxy groups -OCH3 is 1. The lowest BCUT2D eigenvalue weighted by Gasteiger charge is -2.02. The van der Waals surface area contributed by atoms with Gasteiger partial charge in [-0.1, -0.05) is 12.2 Å². The third-order valence-electron chi connectivity index (χ3n) is 2.03. The standard InChI is InChI=1S/C10H15N3O2/c1-3-4-5-6-13-7-12-8(9(13)11)10(14)15-2/h3-4,7H,5-6,11H2,1-2H3/b4-3+. The maximum atomic E-state index is 11.2. The predicted molar refractivity (Wildman–Crippen MR) is 57.4 cm³/mol. The van der Waals surface area contributed by atoms with E-state index in [-0.39, 0.29) is 5.69 Å². The maximum absolute atomic E-state index is 11.2. The van der Waals surface area contributed by atoms with Crippen molar-refractivity contribution in [2.45, 2.75) is 19.9 Å². The van der Waals surface area contributed by atoms with Crippen LogP contribution in [0.3, 0.4) is 0 Å². The summed E-state index contributed by atoms with van der Waals surface area (Å²) in [4.78, 5) is 15.1. The molecule has 5 nitrogen and oxygen atoms in total. The van der Waals surface area contributed by atoms with Crippen molar-refractivity contribution < 1.29 is 9.53 Å². The lowest BCUT2D eigenvalue weighted by atomic mass is 10.3. The van der Waals surface area contributed by atoms with Crippen molar-refractivity contribution in [2.75, 3.05) is 12.8 Å². The normalized spacial score (nSPS) is 10.8. The van der Waals surface area contributed by atoms with E-state index < -0.39 is 5.97 Å². The molecule has 0 aliphatic rings. The summed E-state index contributed by atoms with van der Waals surface area (Å²) in [6, 6.07) is 0. The van der Waals surface area contributed by atoms with Crippen LogP contribution in [0.2, 0.25) is 0 Å². The van der Waals surface area contributed by atoms with Gasteiger partial charge in [-0.15, -0.1) is 0 Å². The zero-order valence-electron chi connectivity index (χ0n) is 8.93. The Morgan fingerprint density at radius 3 is 3.07 bits per heavy atom. The highest BCUT2D eigenvalue weighted by Crippen LogP contribution is 2.11. The number of ether oxygens (including phenoxy) is 1. The summed E-state index contributed by atoms with van der Waals surface area (Å²) < 4.78 is 6.28. The molecule has 0 amide bonds. The Bertz CT molecular complexity index is 369. The van der Waals surface area contributed by atoms with Gasteiger partial charge >= 0.3 is 5.97 Å². The number of aryl methyl sites for hydroxylation is 1. The summed E-state index contributed by atoms with van der Waals surface area (Å²) in [5.74, 6) is -0.149. The summed E-state index contributed by atoms with van der Waals surface area (Å²) in [5, 5.41) is 0. The van der Waals surface area contributed by atoms with E-state index in [1.807, 2.05) is 19.1 Å². The largest absolute Gasteiger partial charge is 0.464 e. The number of nitrogens with two attached hydrogens (primary N) is 1. The molecule has 0 spiro atoms. The van der Waals surface area contributed by atoms with E-state index in [9.17, 15) is 4.79 Å². The van der Waals surface area contributed by atoms with Gasteiger partial charge in [-0.25, -0.2) is 9.78 Å². The number of anilines is 1. The van der Waals surface area contributed by atoms with E-state index in [1.165, 1.54) is 7.11 Å². The molecule has 0 unspecified atom stereocenters. The van der Waals surface area contributed by atoms with Gasteiger partial charge < -0.3 is 15.0 Å². The van der Waals surface area contributed by atoms with Gasteiger partial charge in [0, 0.05) is 6.54 Å². The molecule has 0 aromatic carbocycles. The minimum absolute atomic E-state index is 0.179. The van der Waals surface area contributed by atoms with Gasteiger partial charge in [-0.05, 0) is 13.3 Å². The zero-order chi connectivity index (χ0) is 11.3. The predicted octanol–water partition coefficient (Wildman–Crippen LogP) is 1.22. The summed E-state index contributed by atoms with van der Waals surface area (Å²) in [6.07, 6.45) is 6.40.